The highest BCUT2D eigenvalue weighted by Crippen LogP contribution is 2.27. The van der Waals surface area contributed by atoms with Crippen LogP contribution < -0.4 is 5.32 Å². The summed E-state index contributed by atoms with van der Waals surface area (Å²) in [6.07, 6.45) is 3.70. The molecule has 0 bridgehead atoms. The van der Waals surface area contributed by atoms with E-state index in [1.165, 1.54) is 24.3 Å². The summed E-state index contributed by atoms with van der Waals surface area (Å²) in [7, 11) is 0. The van der Waals surface area contributed by atoms with Gasteiger partial charge in [-0.2, -0.15) is 11.8 Å². The molecule has 2 aliphatic heterocycles. The zero-order valence-corrected chi connectivity index (χ0v) is 12.6. The van der Waals surface area contributed by atoms with Crippen molar-refractivity contribution >= 4 is 17.7 Å². The predicted octanol–water partition coefficient (Wildman–Crippen LogP) is 2.32. The number of nitrogens with one attached hydrogen (secondary N) is 1. The van der Waals surface area contributed by atoms with Gasteiger partial charge in [-0.15, -0.1) is 0 Å². The third-order valence-electron chi connectivity index (χ3n) is 4.12. The Hall–Kier alpha value is -0.220. The Morgan fingerprint density at radius 3 is 2.61 bits per heavy atom. The molecule has 1 amide bonds. The maximum atomic E-state index is 12.4. The maximum absolute atomic E-state index is 12.4. The summed E-state index contributed by atoms with van der Waals surface area (Å²) in [6, 6.07) is 0.0513. The summed E-state index contributed by atoms with van der Waals surface area (Å²) in [5.41, 5.74) is 0. The summed E-state index contributed by atoms with van der Waals surface area (Å²) >= 11 is 2.05. The lowest BCUT2D eigenvalue weighted by atomic mass is 10.0. The summed E-state index contributed by atoms with van der Waals surface area (Å²) < 4.78 is 0. The molecule has 0 aromatic carbocycles. The number of thioether (sulfide) groups is 1. The van der Waals surface area contributed by atoms with Gasteiger partial charge in [0.05, 0.1) is 12.2 Å². The number of amides is 1. The van der Waals surface area contributed by atoms with Crippen molar-refractivity contribution in [2.45, 2.75) is 52.2 Å². The van der Waals surface area contributed by atoms with E-state index in [0.717, 1.165) is 13.0 Å². The van der Waals surface area contributed by atoms with Crippen molar-refractivity contribution in [3.8, 4) is 0 Å². The number of rotatable bonds is 4. The molecule has 0 aliphatic carbocycles. The summed E-state index contributed by atoms with van der Waals surface area (Å²) in [5, 5.41) is 3.50. The Bertz CT molecular complexity index is 290. The first kappa shape index (κ1) is 14.2. The van der Waals surface area contributed by atoms with Crippen LogP contribution in [-0.4, -0.2) is 41.1 Å². The van der Waals surface area contributed by atoms with Crippen molar-refractivity contribution in [2.24, 2.45) is 11.8 Å². The van der Waals surface area contributed by atoms with Crippen LogP contribution >= 0.6 is 11.8 Å². The smallest absolute Gasteiger partial charge is 0.241 e. The van der Waals surface area contributed by atoms with Gasteiger partial charge in [0, 0.05) is 6.54 Å². The van der Waals surface area contributed by atoms with Crippen LogP contribution in [0, 0.1) is 11.8 Å². The van der Waals surface area contributed by atoms with Crippen LogP contribution in [0.3, 0.4) is 0 Å². The fourth-order valence-corrected chi connectivity index (χ4v) is 4.16. The molecule has 2 fully saturated rings. The van der Waals surface area contributed by atoms with E-state index in [9.17, 15) is 4.79 Å². The van der Waals surface area contributed by atoms with Crippen LogP contribution in [-0.2, 0) is 4.79 Å². The average molecular weight is 270 g/mol. The average Bonchev–Trinajstić information content (AvgIpc) is 2.68. The summed E-state index contributed by atoms with van der Waals surface area (Å²) in [4.78, 5) is 14.5. The Labute approximate surface area is 115 Å². The van der Waals surface area contributed by atoms with Crippen molar-refractivity contribution in [2.75, 3.05) is 18.1 Å². The van der Waals surface area contributed by atoms with Crippen LogP contribution in [0.25, 0.3) is 0 Å². The van der Waals surface area contributed by atoms with Gasteiger partial charge in [0.15, 0.2) is 0 Å². The Morgan fingerprint density at radius 2 is 2.06 bits per heavy atom. The monoisotopic (exact) mass is 270 g/mol. The molecule has 104 valence electrons. The minimum atomic E-state index is 0.0513. The number of hydrogen-bond donors (Lipinski definition) is 1. The van der Waals surface area contributed by atoms with E-state index in [1.807, 2.05) is 0 Å². The molecule has 3 nitrogen and oxygen atoms in total. The highest BCUT2D eigenvalue weighted by molar-refractivity contribution is 7.99. The van der Waals surface area contributed by atoms with Gasteiger partial charge in [-0.3, -0.25) is 10.1 Å². The lowest BCUT2D eigenvalue weighted by Crippen LogP contribution is -2.44. The first-order chi connectivity index (χ1) is 8.63. The standard InChI is InChI=1S/C14H26N2OS/c1-4-12-14(17)16(13(15-12)10(2)3)9-11-5-7-18-8-6-11/h10-13,15H,4-9H2,1-3H3. The van der Waals surface area contributed by atoms with Crippen molar-refractivity contribution in [3.05, 3.63) is 0 Å². The van der Waals surface area contributed by atoms with Gasteiger partial charge in [-0.25, -0.2) is 0 Å². The fourth-order valence-electron chi connectivity index (χ4n) is 2.96. The van der Waals surface area contributed by atoms with E-state index in [4.69, 9.17) is 0 Å². The molecule has 1 N–H and O–H groups in total. The fraction of sp³-hybridized carbons (Fsp3) is 0.929. The molecule has 4 heteroatoms. The van der Waals surface area contributed by atoms with Gasteiger partial charge in [0.25, 0.3) is 0 Å². The molecule has 2 heterocycles. The highest BCUT2D eigenvalue weighted by atomic mass is 32.2. The molecule has 2 unspecified atom stereocenters. The van der Waals surface area contributed by atoms with E-state index in [0.29, 0.717) is 17.7 Å². The lowest BCUT2D eigenvalue weighted by molar-refractivity contribution is -0.131. The molecule has 0 spiro atoms. The molecule has 0 radical (unpaired) electrons. The lowest BCUT2D eigenvalue weighted by Gasteiger charge is -2.32. The molecular weight excluding hydrogens is 244 g/mol. The molecule has 0 aromatic heterocycles. The summed E-state index contributed by atoms with van der Waals surface area (Å²) in [5.74, 6) is 4.07. The van der Waals surface area contributed by atoms with Gasteiger partial charge >= 0.3 is 0 Å². The van der Waals surface area contributed by atoms with Gasteiger partial charge in [0.2, 0.25) is 5.91 Å². The van der Waals surface area contributed by atoms with Crippen molar-refractivity contribution in [1.82, 2.24) is 10.2 Å². The van der Waals surface area contributed by atoms with E-state index in [2.05, 4.69) is 42.7 Å². The number of nitrogens with zero attached hydrogens (tertiary/aromatic N) is 1. The van der Waals surface area contributed by atoms with Gasteiger partial charge < -0.3 is 4.90 Å². The molecule has 0 saturated carbocycles. The number of hydrogen-bond acceptors (Lipinski definition) is 3. The Balaban J connectivity index is 2.00. The van der Waals surface area contributed by atoms with Crippen molar-refractivity contribution < 1.29 is 4.79 Å². The van der Waals surface area contributed by atoms with Gasteiger partial charge in [-0.1, -0.05) is 20.8 Å². The minimum Gasteiger partial charge on any atom is -0.325 e. The number of carbonyl (C=O) groups is 1. The third kappa shape index (κ3) is 3.02. The van der Waals surface area contributed by atoms with E-state index in [1.54, 1.807) is 0 Å². The maximum Gasteiger partial charge on any atom is 0.241 e. The zero-order chi connectivity index (χ0) is 13.1. The van der Waals surface area contributed by atoms with Crippen LogP contribution in [0.4, 0.5) is 0 Å². The quantitative estimate of drug-likeness (QED) is 0.851. The second-order valence-electron chi connectivity index (χ2n) is 5.86. The molecular formula is C14H26N2OS. The Kier molecular flexibility index (Phi) is 4.96. The minimum absolute atomic E-state index is 0.0513. The molecule has 2 saturated heterocycles. The Morgan fingerprint density at radius 1 is 1.39 bits per heavy atom. The largest absolute Gasteiger partial charge is 0.325 e. The van der Waals surface area contributed by atoms with Crippen molar-refractivity contribution in [1.29, 1.82) is 0 Å². The van der Waals surface area contributed by atoms with E-state index < -0.39 is 0 Å². The molecule has 0 aromatic rings. The first-order valence-electron chi connectivity index (χ1n) is 7.27. The van der Waals surface area contributed by atoms with Crippen molar-refractivity contribution in [3.63, 3.8) is 0 Å². The summed E-state index contributed by atoms with van der Waals surface area (Å²) in [6.45, 7) is 7.46. The van der Waals surface area contributed by atoms with Crippen LogP contribution in [0.5, 0.6) is 0 Å². The van der Waals surface area contributed by atoms with Gasteiger partial charge in [-0.05, 0) is 42.6 Å². The van der Waals surface area contributed by atoms with Crippen LogP contribution in [0.1, 0.15) is 40.0 Å². The first-order valence-corrected chi connectivity index (χ1v) is 8.43. The second-order valence-corrected chi connectivity index (χ2v) is 7.09. The van der Waals surface area contributed by atoms with Crippen LogP contribution in [0.2, 0.25) is 0 Å². The SMILES string of the molecule is CCC1NC(C(C)C)N(CC2CCSCC2)C1=O. The predicted molar refractivity (Wildman–Crippen MR) is 77.6 cm³/mol. The number of carbonyl (C=O) groups excluding carboxylic acids is 1. The normalized spacial score (nSPS) is 30.4. The topological polar surface area (TPSA) is 32.3 Å². The van der Waals surface area contributed by atoms with E-state index >= 15 is 0 Å². The van der Waals surface area contributed by atoms with E-state index in [-0.39, 0.29) is 12.2 Å². The highest BCUT2D eigenvalue weighted by Gasteiger charge is 2.39. The third-order valence-corrected chi connectivity index (χ3v) is 5.17. The molecule has 2 aliphatic rings. The molecule has 18 heavy (non-hydrogen) atoms. The zero-order valence-electron chi connectivity index (χ0n) is 11.8. The van der Waals surface area contributed by atoms with Gasteiger partial charge in [0.1, 0.15) is 0 Å². The second kappa shape index (κ2) is 6.29. The van der Waals surface area contributed by atoms with Crippen LogP contribution in [0.15, 0.2) is 0 Å². The molecule has 2 atom stereocenters. The molecule has 2 rings (SSSR count).